The maximum Gasteiger partial charge on any atom is 0.222 e. The van der Waals surface area contributed by atoms with Crippen LogP contribution in [0.3, 0.4) is 0 Å². The van der Waals surface area contributed by atoms with Gasteiger partial charge in [0.1, 0.15) is 0 Å². The third kappa shape index (κ3) is 3.27. The van der Waals surface area contributed by atoms with Gasteiger partial charge in [0.05, 0.1) is 0 Å². The van der Waals surface area contributed by atoms with E-state index in [1.165, 1.54) is 5.56 Å². The number of nitrogens with zero attached hydrogens (tertiary/aromatic N) is 1. The third-order valence-electron chi connectivity index (χ3n) is 4.81. The molecule has 114 valence electrons. The number of likely N-dealkylation sites (tertiary alicyclic amines) is 1. The minimum Gasteiger partial charge on any atom is -0.381 e. The Morgan fingerprint density at radius 3 is 2.76 bits per heavy atom. The first-order chi connectivity index (χ1) is 10.3. The van der Waals surface area contributed by atoms with Crippen molar-refractivity contribution in [1.29, 1.82) is 0 Å². The second-order valence-electron chi connectivity index (χ2n) is 6.25. The Kier molecular flexibility index (Phi) is 4.56. The molecule has 2 saturated heterocycles. The van der Waals surface area contributed by atoms with Crippen LogP contribution in [0, 0.1) is 11.8 Å². The van der Waals surface area contributed by atoms with Gasteiger partial charge in [0, 0.05) is 38.6 Å². The Bertz CT molecular complexity index is 471. The molecule has 0 bridgehead atoms. The number of hydrogen-bond acceptors (Lipinski definition) is 3. The summed E-state index contributed by atoms with van der Waals surface area (Å²) >= 11 is 0. The molecule has 0 aromatic heterocycles. The Hall–Kier alpha value is -1.39. The highest BCUT2D eigenvalue weighted by Crippen LogP contribution is 2.33. The second kappa shape index (κ2) is 6.58. The van der Waals surface area contributed by atoms with E-state index >= 15 is 0 Å². The summed E-state index contributed by atoms with van der Waals surface area (Å²) in [6.07, 6.45) is 1.64. The summed E-state index contributed by atoms with van der Waals surface area (Å²) in [5.74, 6) is 1.42. The van der Waals surface area contributed by atoms with Crippen molar-refractivity contribution < 1.29 is 9.53 Å². The van der Waals surface area contributed by atoms with Gasteiger partial charge in [-0.1, -0.05) is 30.3 Å². The van der Waals surface area contributed by atoms with E-state index in [2.05, 4.69) is 24.3 Å². The molecule has 1 aromatic rings. The van der Waals surface area contributed by atoms with Crippen molar-refractivity contribution in [3.63, 3.8) is 0 Å². The number of benzene rings is 1. The van der Waals surface area contributed by atoms with Gasteiger partial charge in [0.15, 0.2) is 0 Å². The highest BCUT2D eigenvalue weighted by atomic mass is 16.5. The predicted molar refractivity (Wildman–Crippen MR) is 81.9 cm³/mol. The minimum atomic E-state index is 0.266. The lowest BCUT2D eigenvalue weighted by molar-refractivity contribution is -0.131. The van der Waals surface area contributed by atoms with E-state index in [0.717, 1.165) is 32.7 Å². The first kappa shape index (κ1) is 14.5. The van der Waals surface area contributed by atoms with Crippen LogP contribution in [-0.4, -0.2) is 43.7 Å². The summed E-state index contributed by atoms with van der Waals surface area (Å²) in [5, 5.41) is 0. The number of hydrogen-bond donors (Lipinski definition) is 1. The quantitative estimate of drug-likeness (QED) is 0.916. The lowest BCUT2D eigenvalue weighted by Gasteiger charge is -2.18. The van der Waals surface area contributed by atoms with E-state index in [1.807, 2.05) is 11.0 Å². The van der Waals surface area contributed by atoms with Gasteiger partial charge >= 0.3 is 0 Å². The van der Waals surface area contributed by atoms with Crippen LogP contribution in [-0.2, 0) is 9.53 Å². The van der Waals surface area contributed by atoms with Crippen LogP contribution in [0.25, 0.3) is 0 Å². The van der Waals surface area contributed by atoms with Crippen LogP contribution in [0.2, 0.25) is 0 Å². The first-order valence-corrected chi connectivity index (χ1v) is 7.88. The van der Waals surface area contributed by atoms with Gasteiger partial charge in [-0.15, -0.1) is 0 Å². The highest BCUT2D eigenvalue weighted by molar-refractivity contribution is 5.77. The van der Waals surface area contributed by atoms with E-state index in [-0.39, 0.29) is 5.91 Å². The van der Waals surface area contributed by atoms with E-state index in [1.54, 1.807) is 0 Å². The Balaban J connectivity index is 1.64. The van der Waals surface area contributed by atoms with Crippen molar-refractivity contribution in [3.05, 3.63) is 35.9 Å². The summed E-state index contributed by atoms with van der Waals surface area (Å²) in [6.45, 7) is 3.77. The van der Waals surface area contributed by atoms with Crippen LogP contribution >= 0.6 is 0 Å². The van der Waals surface area contributed by atoms with E-state index < -0.39 is 0 Å². The molecular formula is C17H24N2O2. The monoisotopic (exact) mass is 288 g/mol. The number of ether oxygens (including phenoxy) is 1. The highest BCUT2D eigenvalue weighted by Gasteiger charge is 2.35. The molecule has 2 fully saturated rings. The molecule has 0 saturated carbocycles. The van der Waals surface area contributed by atoms with Gasteiger partial charge in [0.25, 0.3) is 0 Å². The van der Waals surface area contributed by atoms with Gasteiger partial charge in [-0.3, -0.25) is 4.79 Å². The molecule has 0 spiro atoms. The first-order valence-electron chi connectivity index (χ1n) is 7.88. The largest absolute Gasteiger partial charge is 0.381 e. The summed E-state index contributed by atoms with van der Waals surface area (Å²) < 4.78 is 5.36. The molecule has 1 amide bonds. The van der Waals surface area contributed by atoms with Crippen LogP contribution < -0.4 is 5.73 Å². The zero-order chi connectivity index (χ0) is 14.7. The average Bonchev–Trinajstić information content (AvgIpc) is 3.17. The normalized spacial score (nSPS) is 29.0. The molecule has 2 aliphatic rings. The number of carbonyl (C=O) groups is 1. The predicted octanol–water partition coefficient (Wildman–Crippen LogP) is 1.61. The Labute approximate surface area is 126 Å². The van der Waals surface area contributed by atoms with Crippen molar-refractivity contribution in [2.24, 2.45) is 17.6 Å². The average molecular weight is 288 g/mol. The van der Waals surface area contributed by atoms with E-state index in [9.17, 15) is 4.79 Å². The SMILES string of the molecule is NC[C@@H]1CN(C(=O)CC2CCOC2)C[C@H]1c1ccccc1. The standard InChI is InChI=1S/C17H24N2O2/c18-9-15-10-19(17(20)8-13-6-7-21-12-13)11-16(15)14-4-2-1-3-5-14/h1-5,13,15-16H,6-12,18H2/t13?,15-,16+/m1/s1. The summed E-state index contributed by atoms with van der Waals surface area (Å²) in [7, 11) is 0. The fourth-order valence-corrected chi connectivity index (χ4v) is 3.51. The minimum absolute atomic E-state index is 0.266. The zero-order valence-electron chi connectivity index (χ0n) is 12.4. The van der Waals surface area contributed by atoms with Crippen molar-refractivity contribution in [3.8, 4) is 0 Å². The van der Waals surface area contributed by atoms with Gasteiger partial charge in [-0.2, -0.15) is 0 Å². The smallest absolute Gasteiger partial charge is 0.222 e. The lowest BCUT2D eigenvalue weighted by Crippen LogP contribution is -2.31. The fourth-order valence-electron chi connectivity index (χ4n) is 3.51. The van der Waals surface area contributed by atoms with Crippen molar-refractivity contribution in [2.45, 2.75) is 18.8 Å². The molecule has 3 rings (SSSR count). The summed E-state index contributed by atoms with van der Waals surface area (Å²) in [6, 6.07) is 10.4. The maximum absolute atomic E-state index is 12.5. The van der Waals surface area contributed by atoms with Gasteiger partial charge in [-0.25, -0.2) is 0 Å². The number of rotatable bonds is 4. The molecular weight excluding hydrogens is 264 g/mol. The van der Waals surface area contributed by atoms with E-state index in [4.69, 9.17) is 10.5 Å². The van der Waals surface area contributed by atoms with Gasteiger partial charge < -0.3 is 15.4 Å². The van der Waals surface area contributed by atoms with Crippen molar-refractivity contribution in [2.75, 3.05) is 32.8 Å². The number of amides is 1. The molecule has 21 heavy (non-hydrogen) atoms. The Morgan fingerprint density at radius 2 is 2.10 bits per heavy atom. The lowest BCUT2D eigenvalue weighted by atomic mass is 9.89. The fraction of sp³-hybridized carbons (Fsp3) is 0.588. The number of nitrogens with two attached hydrogens (primary N) is 1. The van der Waals surface area contributed by atoms with Crippen LogP contribution in [0.15, 0.2) is 30.3 Å². The topological polar surface area (TPSA) is 55.6 Å². The maximum atomic E-state index is 12.5. The molecule has 1 unspecified atom stereocenters. The molecule has 2 N–H and O–H groups in total. The zero-order valence-corrected chi connectivity index (χ0v) is 12.4. The molecule has 4 heteroatoms. The molecule has 0 aliphatic carbocycles. The Morgan fingerprint density at radius 1 is 1.29 bits per heavy atom. The summed E-state index contributed by atoms with van der Waals surface area (Å²) in [5.41, 5.74) is 7.23. The van der Waals surface area contributed by atoms with Crippen molar-refractivity contribution >= 4 is 5.91 Å². The number of carbonyl (C=O) groups excluding carboxylic acids is 1. The molecule has 4 nitrogen and oxygen atoms in total. The van der Waals surface area contributed by atoms with Crippen LogP contribution in [0.5, 0.6) is 0 Å². The van der Waals surface area contributed by atoms with Gasteiger partial charge in [-0.05, 0) is 30.4 Å². The van der Waals surface area contributed by atoms with Gasteiger partial charge in [0.2, 0.25) is 5.91 Å². The molecule has 3 atom stereocenters. The summed E-state index contributed by atoms with van der Waals surface area (Å²) in [4.78, 5) is 14.5. The van der Waals surface area contributed by atoms with Crippen LogP contribution in [0.4, 0.5) is 0 Å². The van der Waals surface area contributed by atoms with Crippen LogP contribution in [0.1, 0.15) is 24.3 Å². The molecule has 2 aliphatic heterocycles. The molecule has 1 aromatic carbocycles. The third-order valence-corrected chi connectivity index (χ3v) is 4.81. The molecule has 0 radical (unpaired) electrons. The molecule has 2 heterocycles. The van der Waals surface area contributed by atoms with E-state index in [0.29, 0.717) is 30.7 Å². The van der Waals surface area contributed by atoms with Crippen molar-refractivity contribution in [1.82, 2.24) is 4.90 Å². The second-order valence-corrected chi connectivity index (χ2v) is 6.25.